The van der Waals surface area contributed by atoms with E-state index >= 15 is 0 Å². The summed E-state index contributed by atoms with van der Waals surface area (Å²) < 4.78 is 26.9. The number of carbonyl (C=O) groups excluding carboxylic acids is 3. The first-order valence-corrected chi connectivity index (χ1v) is 15.3. The molecule has 0 heterocycles. The number of primary amides is 3. The molecule has 0 bridgehead atoms. The zero-order chi connectivity index (χ0) is 29.3. The van der Waals surface area contributed by atoms with Gasteiger partial charge in [-0.2, -0.15) is 0 Å². The standard InChI is InChI=1S/C8H20O5P2S2.C6H14.3CH3NO2.Nd/c1-5-9-14(16,10-6-2)13-15(17,11-7-3)12-8-4;1-5(2)6(3)4;3*2-1(3)4;/h5-8H2,1-4H3;5-6H,1-4H3;3*2H2,(H,3,4);/q;;;;;+3/p-3. The van der Waals surface area contributed by atoms with Crippen LogP contribution in [-0.4, -0.2) is 44.7 Å². The molecule has 0 aliphatic carbocycles. The zero-order valence-corrected chi connectivity index (χ0v) is 28.5. The van der Waals surface area contributed by atoms with Crippen molar-refractivity contribution >= 4 is 55.3 Å². The Morgan fingerprint density at radius 1 is 0.639 bits per heavy atom. The van der Waals surface area contributed by atoms with Gasteiger partial charge in [0.2, 0.25) is 0 Å². The van der Waals surface area contributed by atoms with Crippen molar-refractivity contribution in [2.45, 2.75) is 55.4 Å². The van der Waals surface area contributed by atoms with Gasteiger partial charge in [-0.15, -0.1) is 0 Å². The van der Waals surface area contributed by atoms with Crippen LogP contribution in [0.4, 0.5) is 14.4 Å². The van der Waals surface area contributed by atoms with Gasteiger partial charge in [0.25, 0.3) is 0 Å². The molecule has 0 aromatic carbocycles. The maximum atomic E-state index is 8.67. The van der Waals surface area contributed by atoms with Gasteiger partial charge in [0.15, 0.2) is 0 Å². The van der Waals surface area contributed by atoms with Gasteiger partial charge in [-0.1, -0.05) is 27.7 Å². The van der Waals surface area contributed by atoms with E-state index in [9.17, 15) is 0 Å². The van der Waals surface area contributed by atoms with Gasteiger partial charge in [0.05, 0.1) is 26.4 Å². The second kappa shape index (κ2) is 31.5. The molecule has 0 saturated heterocycles. The van der Waals surface area contributed by atoms with Gasteiger partial charge in [-0.3, -0.25) is 0 Å². The Morgan fingerprint density at radius 3 is 0.861 bits per heavy atom. The van der Waals surface area contributed by atoms with Crippen molar-refractivity contribution in [3.63, 3.8) is 0 Å². The maximum absolute atomic E-state index is 8.67. The van der Waals surface area contributed by atoms with Crippen molar-refractivity contribution in [3.05, 3.63) is 0 Å². The molecule has 1 radical (unpaired) electrons. The number of amides is 3. The fraction of sp³-hybridized carbons (Fsp3) is 0.824. The third-order valence-electron chi connectivity index (χ3n) is 2.68. The topological polar surface area (TPSA) is 245 Å². The minimum Gasteiger partial charge on any atom is -0.530 e. The third-order valence-corrected chi connectivity index (χ3v) is 9.04. The average molecular weight is 733 g/mol. The summed E-state index contributed by atoms with van der Waals surface area (Å²) in [7, 11) is 0. The molecule has 36 heavy (non-hydrogen) atoms. The first-order valence-electron chi connectivity index (χ1n) is 10.2. The summed E-state index contributed by atoms with van der Waals surface area (Å²) in [5.41, 5.74) is 11.8. The summed E-state index contributed by atoms with van der Waals surface area (Å²) in [5.74, 6) is 1.70. The summed E-state index contributed by atoms with van der Waals surface area (Å²) >= 11 is 10.4. The number of carboxylic acid groups (broad SMARTS) is 3. The van der Waals surface area contributed by atoms with Gasteiger partial charge in [-0.25, -0.2) is 4.31 Å². The van der Waals surface area contributed by atoms with Gasteiger partial charge in [0, 0.05) is 0 Å². The fourth-order valence-corrected chi connectivity index (χ4v) is 7.30. The molecule has 0 atom stereocenters. The maximum Gasteiger partial charge on any atom is 3.00 e. The van der Waals surface area contributed by atoms with Crippen molar-refractivity contribution in [3.8, 4) is 0 Å². The molecule has 14 nitrogen and oxygen atoms in total. The Morgan fingerprint density at radius 2 is 0.778 bits per heavy atom. The van der Waals surface area contributed by atoms with Gasteiger partial charge in [0.1, 0.15) is 18.3 Å². The van der Waals surface area contributed by atoms with Crippen LogP contribution < -0.4 is 32.5 Å². The van der Waals surface area contributed by atoms with Crippen LogP contribution in [-0.2, 0) is 46.0 Å². The smallest absolute Gasteiger partial charge is 0.530 e. The average Bonchev–Trinajstić information content (AvgIpc) is 2.61. The van der Waals surface area contributed by atoms with Crippen LogP contribution in [0.5, 0.6) is 0 Å². The van der Waals surface area contributed by atoms with E-state index in [0.717, 1.165) is 11.8 Å². The van der Waals surface area contributed by atoms with E-state index in [0.29, 0.717) is 26.4 Å². The minimum absolute atomic E-state index is 0. The van der Waals surface area contributed by atoms with Crippen LogP contribution in [0.15, 0.2) is 0 Å². The minimum atomic E-state index is -2.87. The Labute approximate surface area is 257 Å². The molecular weight excluding hydrogens is 693 g/mol. The van der Waals surface area contributed by atoms with Crippen molar-refractivity contribution in [2.75, 3.05) is 26.4 Å². The van der Waals surface area contributed by atoms with Gasteiger partial charge in [-0.05, 0) is 63.1 Å². The zero-order valence-electron chi connectivity index (χ0n) is 21.9. The Balaban J connectivity index is -0.0000000968. The number of carbonyl (C=O) groups is 3. The van der Waals surface area contributed by atoms with Crippen LogP contribution in [0, 0.1) is 52.7 Å². The summed E-state index contributed by atoms with van der Waals surface area (Å²) in [6.07, 6.45) is -4.75. The summed E-state index contributed by atoms with van der Waals surface area (Å²) in [5, 5.41) is 26.0. The van der Waals surface area contributed by atoms with Crippen LogP contribution in [0.2, 0.25) is 0 Å². The van der Waals surface area contributed by atoms with E-state index < -0.39 is 31.7 Å². The molecule has 0 aliphatic rings. The number of hydrogen-bond acceptors (Lipinski definition) is 13. The van der Waals surface area contributed by atoms with E-state index in [1.165, 1.54) is 0 Å². The monoisotopic (exact) mass is 730 g/mol. The number of hydrogen-bond donors (Lipinski definition) is 3. The molecule has 0 fully saturated rings. The van der Waals surface area contributed by atoms with Crippen LogP contribution in [0.1, 0.15) is 55.4 Å². The number of nitrogens with two attached hydrogens (primary N) is 3. The molecule has 215 valence electrons. The van der Waals surface area contributed by atoms with Crippen molar-refractivity contribution in [1.82, 2.24) is 0 Å². The van der Waals surface area contributed by atoms with Crippen LogP contribution in [0.25, 0.3) is 0 Å². The predicted octanol–water partition coefficient (Wildman–Crippen LogP) is 0.762. The largest absolute Gasteiger partial charge is 3.00 e. The molecule has 0 rings (SSSR count). The molecular formula is C17H40N3NdO11P2S2. The van der Waals surface area contributed by atoms with Gasteiger partial charge < -0.3 is 65.0 Å². The first-order chi connectivity index (χ1) is 15.8. The summed E-state index contributed by atoms with van der Waals surface area (Å²) in [6.45, 7) is 12.0. The Bertz CT molecular complexity index is 554. The number of rotatable bonds is 11. The van der Waals surface area contributed by atoms with E-state index in [1.54, 1.807) is 0 Å². The molecule has 0 saturated carbocycles. The first kappa shape index (κ1) is 49.2. The molecule has 0 aliphatic heterocycles. The fourth-order valence-electron chi connectivity index (χ4n) is 0.924. The van der Waals surface area contributed by atoms with Crippen LogP contribution >= 0.6 is 13.4 Å². The Hall–Kier alpha value is 0.261. The summed E-state index contributed by atoms with van der Waals surface area (Å²) in [6, 6.07) is 0. The molecule has 6 N–H and O–H groups in total. The predicted molar refractivity (Wildman–Crippen MR) is 135 cm³/mol. The quantitative estimate of drug-likeness (QED) is 0.249. The van der Waals surface area contributed by atoms with E-state index in [2.05, 4.69) is 44.9 Å². The molecule has 19 heteroatoms. The Kier molecular flexibility index (Phi) is 43.0. The summed E-state index contributed by atoms with van der Waals surface area (Å²) in [4.78, 5) is 26.0. The van der Waals surface area contributed by atoms with Gasteiger partial charge >= 0.3 is 54.3 Å². The molecule has 0 spiro atoms. The van der Waals surface area contributed by atoms with E-state index in [-0.39, 0.29) is 40.8 Å². The third kappa shape index (κ3) is 55.0. The molecule has 0 aromatic heterocycles. The van der Waals surface area contributed by atoms with Crippen molar-refractivity contribution in [1.29, 1.82) is 0 Å². The molecule has 0 aromatic rings. The van der Waals surface area contributed by atoms with Crippen molar-refractivity contribution < 1.29 is 92.9 Å². The van der Waals surface area contributed by atoms with Crippen LogP contribution in [0.3, 0.4) is 0 Å². The van der Waals surface area contributed by atoms with Crippen molar-refractivity contribution in [2.24, 2.45) is 29.0 Å². The second-order valence-corrected chi connectivity index (χ2v) is 12.3. The normalized spacial score (nSPS) is 9.94. The molecule has 3 amide bonds. The SMILES string of the molecule is CC(C)C(C)C.CCOP(=S)(OCC)OP(=S)(OCC)OCC.NC(=O)[O-].NC(=O)[O-].NC(=O)[O-].[Nd+3]. The van der Waals surface area contributed by atoms with E-state index in [4.69, 9.17) is 75.7 Å². The van der Waals surface area contributed by atoms with E-state index in [1.807, 2.05) is 27.7 Å². The second-order valence-electron chi connectivity index (χ2n) is 6.09. The molecule has 0 unspecified atom stereocenters.